The summed E-state index contributed by atoms with van der Waals surface area (Å²) in [7, 11) is 0. The second kappa shape index (κ2) is 6.68. The van der Waals surface area contributed by atoms with E-state index in [2.05, 4.69) is 18.7 Å². The summed E-state index contributed by atoms with van der Waals surface area (Å²) in [5, 5.41) is 0. The van der Waals surface area contributed by atoms with Crippen molar-refractivity contribution in [1.82, 2.24) is 9.80 Å². The molecule has 2 N–H and O–H groups in total. The maximum atomic E-state index is 12.0. The average molecular weight is 269 g/mol. The number of amides is 1. The molecule has 2 saturated heterocycles. The number of nitrogens with two attached hydrogens (primary N) is 1. The largest absolute Gasteiger partial charge is 0.373 e. The van der Waals surface area contributed by atoms with Crippen LogP contribution in [0, 0.1) is 0 Å². The SMILES string of the molecule is C[C@@H]1CN(C[C@H]2CCCN2C(=O)CCN)C[C@@H](C)O1. The summed E-state index contributed by atoms with van der Waals surface area (Å²) in [4.78, 5) is 16.5. The lowest BCUT2D eigenvalue weighted by atomic mass is 10.1. The van der Waals surface area contributed by atoms with Crippen LogP contribution in [-0.4, -0.2) is 66.7 Å². The first-order chi connectivity index (χ1) is 9.10. The van der Waals surface area contributed by atoms with Gasteiger partial charge in [0.05, 0.1) is 12.2 Å². The minimum Gasteiger partial charge on any atom is -0.373 e. The van der Waals surface area contributed by atoms with Gasteiger partial charge in [-0.05, 0) is 26.7 Å². The Morgan fingerprint density at radius 3 is 2.63 bits per heavy atom. The van der Waals surface area contributed by atoms with Gasteiger partial charge in [-0.25, -0.2) is 0 Å². The summed E-state index contributed by atoms with van der Waals surface area (Å²) >= 11 is 0. The molecule has 5 nitrogen and oxygen atoms in total. The van der Waals surface area contributed by atoms with E-state index in [1.807, 2.05) is 4.90 Å². The number of carbonyl (C=O) groups is 1. The van der Waals surface area contributed by atoms with Crippen LogP contribution >= 0.6 is 0 Å². The number of hydrogen-bond donors (Lipinski definition) is 1. The summed E-state index contributed by atoms with van der Waals surface area (Å²) in [5.41, 5.74) is 5.49. The first kappa shape index (κ1) is 14.8. The van der Waals surface area contributed by atoms with Crippen LogP contribution in [0.4, 0.5) is 0 Å². The lowest BCUT2D eigenvalue weighted by Crippen LogP contribution is -2.51. The standard InChI is InChI=1S/C14H27N3O2/c1-11-8-16(9-12(2)19-11)10-13-4-3-7-17(13)14(18)5-6-15/h11-13H,3-10,15H2,1-2H3/t11-,12-,13-/m1/s1. The number of hydrogen-bond acceptors (Lipinski definition) is 4. The third kappa shape index (κ3) is 3.91. The molecule has 110 valence electrons. The third-order valence-electron chi connectivity index (χ3n) is 4.02. The van der Waals surface area contributed by atoms with Gasteiger partial charge in [-0.15, -0.1) is 0 Å². The van der Waals surface area contributed by atoms with E-state index in [0.717, 1.165) is 39.0 Å². The number of ether oxygens (including phenoxy) is 1. The predicted octanol–water partition coefficient (Wildman–Crippen LogP) is 0.435. The van der Waals surface area contributed by atoms with Gasteiger partial charge in [0, 0.05) is 45.2 Å². The zero-order valence-electron chi connectivity index (χ0n) is 12.2. The molecule has 2 heterocycles. The van der Waals surface area contributed by atoms with Gasteiger partial charge in [0.1, 0.15) is 0 Å². The van der Waals surface area contributed by atoms with Crippen molar-refractivity contribution in [2.45, 2.75) is 51.4 Å². The molecule has 0 aromatic heterocycles. The maximum Gasteiger partial charge on any atom is 0.224 e. The van der Waals surface area contributed by atoms with E-state index in [1.165, 1.54) is 0 Å². The summed E-state index contributed by atoms with van der Waals surface area (Å²) in [6.07, 6.45) is 3.30. The summed E-state index contributed by atoms with van der Waals surface area (Å²) in [5.74, 6) is 0.222. The second-order valence-electron chi connectivity index (χ2n) is 5.90. The van der Waals surface area contributed by atoms with Crippen molar-refractivity contribution < 1.29 is 9.53 Å². The van der Waals surface area contributed by atoms with E-state index in [1.54, 1.807) is 0 Å². The highest BCUT2D eigenvalue weighted by molar-refractivity contribution is 5.77. The molecule has 5 heteroatoms. The molecular weight excluding hydrogens is 242 g/mol. The van der Waals surface area contributed by atoms with E-state index in [9.17, 15) is 4.79 Å². The fourth-order valence-electron chi connectivity index (χ4n) is 3.35. The maximum absolute atomic E-state index is 12.0. The molecule has 0 saturated carbocycles. The van der Waals surface area contributed by atoms with Gasteiger partial charge in [-0.2, -0.15) is 0 Å². The molecule has 0 unspecified atom stereocenters. The Labute approximate surface area is 116 Å². The van der Waals surface area contributed by atoms with Crippen molar-refractivity contribution in [1.29, 1.82) is 0 Å². The first-order valence-electron chi connectivity index (χ1n) is 7.47. The molecule has 0 aliphatic carbocycles. The molecule has 0 radical (unpaired) electrons. The van der Waals surface area contributed by atoms with Crippen molar-refractivity contribution in [3.05, 3.63) is 0 Å². The molecule has 2 fully saturated rings. The molecule has 0 aromatic carbocycles. The number of rotatable bonds is 4. The summed E-state index contributed by atoms with van der Waals surface area (Å²) in [6, 6.07) is 0.372. The Hall–Kier alpha value is -0.650. The number of nitrogens with zero attached hydrogens (tertiary/aromatic N) is 2. The van der Waals surface area contributed by atoms with Crippen LogP contribution in [0.3, 0.4) is 0 Å². The molecule has 1 amide bonds. The molecule has 3 atom stereocenters. The zero-order valence-corrected chi connectivity index (χ0v) is 12.2. The van der Waals surface area contributed by atoms with Gasteiger partial charge in [0.15, 0.2) is 0 Å². The number of likely N-dealkylation sites (tertiary alicyclic amines) is 1. The summed E-state index contributed by atoms with van der Waals surface area (Å²) < 4.78 is 5.75. The van der Waals surface area contributed by atoms with E-state index in [-0.39, 0.29) is 5.91 Å². The Balaban J connectivity index is 1.88. The quantitative estimate of drug-likeness (QED) is 0.804. The zero-order chi connectivity index (χ0) is 13.8. The highest BCUT2D eigenvalue weighted by Crippen LogP contribution is 2.21. The predicted molar refractivity (Wildman–Crippen MR) is 74.9 cm³/mol. The molecule has 19 heavy (non-hydrogen) atoms. The Kier molecular flexibility index (Phi) is 5.19. The fraction of sp³-hybridized carbons (Fsp3) is 0.929. The third-order valence-corrected chi connectivity index (χ3v) is 4.02. The minimum atomic E-state index is 0.222. The second-order valence-corrected chi connectivity index (χ2v) is 5.90. The highest BCUT2D eigenvalue weighted by Gasteiger charge is 2.31. The Morgan fingerprint density at radius 2 is 2.00 bits per heavy atom. The lowest BCUT2D eigenvalue weighted by molar-refractivity contribution is -0.132. The van der Waals surface area contributed by atoms with Gasteiger partial charge in [-0.3, -0.25) is 9.69 Å². The molecule has 2 aliphatic heterocycles. The van der Waals surface area contributed by atoms with Gasteiger partial charge in [0.2, 0.25) is 5.91 Å². The van der Waals surface area contributed by atoms with Gasteiger partial charge < -0.3 is 15.4 Å². The van der Waals surface area contributed by atoms with Crippen LogP contribution in [0.1, 0.15) is 33.1 Å². The smallest absolute Gasteiger partial charge is 0.224 e. The highest BCUT2D eigenvalue weighted by atomic mass is 16.5. The topological polar surface area (TPSA) is 58.8 Å². The first-order valence-corrected chi connectivity index (χ1v) is 7.47. The lowest BCUT2D eigenvalue weighted by Gasteiger charge is -2.38. The van der Waals surface area contributed by atoms with Crippen LogP contribution < -0.4 is 5.73 Å². The normalized spacial score (nSPS) is 32.8. The van der Waals surface area contributed by atoms with Crippen LogP contribution in [0.25, 0.3) is 0 Å². The van der Waals surface area contributed by atoms with Crippen molar-refractivity contribution in [2.75, 3.05) is 32.7 Å². The fourth-order valence-corrected chi connectivity index (χ4v) is 3.35. The Morgan fingerprint density at radius 1 is 1.32 bits per heavy atom. The monoisotopic (exact) mass is 269 g/mol. The number of carbonyl (C=O) groups excluding carboxylic acids is 1. The number of morpholine rings is 1. The molecule has 0 spiro atoms. The van der Waals surface area contributed by atoms with Crippen molar-refractivity contribution >= 4 is 5.91 Å². The van der Waals surface area contributed by atoms with Crippen LogP contribution in [0.2, 0.25) is 0 Å². The van der Waals surface area contributed by atoms with E-state index < -0.39 is 0 Å². The molecular formula is C14H27N3O2. The van der Waals surface area contributed by atoms with Crippen LogP contribution in [-0.2, 0) is 9.53 Å². The van der Waals surface area contributed by atoms with Crippen LogP contribution in [0.15, 0.2) is 0 Å². The molecule has 0 bridgehead atoms. The van der Waals surface area contributed by atoms with E-state index in [0.29, 0.717) is 31.2 Å². The van der Waals surface area contributed by atoms with Gasteiger partial charge in [-0.1, -0.05) is 0 Å². The van der Waals surface area contributed by atoms with Crippen molar-refractivity contribution in [3.63, 3.8) is 0 Å². The Bertz CT molecular complexity index is 301. The summed E-state index contributed by atoms with van der Waals surface area (Å²) in [6.45, 7) is 8.52. The minimum absolute atomic E-state index is 0.222. The van der Waals surface area contributed by atoms with Gasteiger partial charge in [0.25, 0.3) is 0 Å². The van der Waals surface area contributed by atoms with Crippen molar-refractivity contribution in [3.8, 4) is 0 Å². The van der Waals surface area contributed by atoms with Crippen LogP contribution in [0.5, 0.6) is 0 Å². The molecule has 2 aliphatic rings. The van der Waals surface area contributed by atoms with E-state index >= 15 is 0 Å². The van der Waals surface area contributed by atoms with Gasteiger partial charge >= 0.3 is 0 Å². The van der Waals surface area contributed by atoms with Crippen molar-refractivity contribution in [2.24, 2.45) is 5.73 Å². The molecule has 0 aromatic rings. The average Bonchev–Trinajstić information content (AvgIpc) is 2.76. The van der Waals surface area contributed by atoms with E-state index in [4.69, 9.17) is 10.5 Å². The molecule has 2 rings (SSSR count).